The number of halogens is 1. The normalized spacial score (nSPS) is 21.0. The minimum atomic E-state index is -0.0287. The summed E-state index contributed by atoms with van der Waals surface area (Å²) in [5, 5.41) is 8.06. The van der Waals surface area contributed by atoms with E-state index in [2.05, 4.69) is 46.2 Å². The number of nitrogens with zero attached hydrogens (tertiary/aromatic N) is 2. The summed E-state index contributed by atoms with van der Waals surface area (Å²) < 4.78 is 5.65. The van der Waals surface area contributed by atoms with Crippen LogP contribution in [0, 0.1) is 0 Å². The Bertz CT molecular complexity index is 707. The van der Waals surface area contributed by atoms with E-state index < -0.39 is 0 Å². The monoisotopic (exact) mass is 418 g/mol. The van der Waals surface area contributed by atoms with Crippen molar-refractivity contribution in [1.29, 1.82) is 0 Å². The van der Waals surface area contributed by atoms with Crippen LogP contribution in [0.1, 0.15) is 38.2 Å². The highest BCUT2D eigenvalue weighted by Crippen LogP contribution is 2.38. The fourth-order valence-corrected chi connectivity index (χ4v) is 4.79. The van der Waals surface area contributed by atoms with Gasteiger partial charge in [0.1, 0.15) is 0 Å². The van der Waals surface area contributed by atoms with Crippen LogP contribution in [0.5, 0.6) is 0 Å². The lowest BCUT2D eigenvalue weighted by Crippen LogP contribution is -2.52. The Hall–Kier alpha value is -1.56. The summed E-state index contributed by atoms with van der Waals surface area (Å²) in [7, 11) is 1.84. The van der Waals surface area contributed by atoms with E-state index in [-0.39, 0.29) is 5.41 Å². The second kappa shape index (κ2) is 10.5. The van der Waals surface area contributed by atoms with Crippen molar-refractivity contribution in [2.75, 3.05) is 46.4 Å². The van der Waals surface area contributed by atoms with Crippen molar-refractivity contribution < 1.29 is 4.74 Å². The largest absolute Gasteiger partial charge is 0.381 e. The molecule has 3 rings (SSSR count). The third-order valence-electron chi connectivity index (χ3n) is 6.13. The first kappa shape index (κ1) is 22.1. The van der Waals surface area contributed by atoms with E-state index in [1.165, 1.54) is 11.1 Å². The van der Waals surface area contributed by atoms with Gasteiger partial charge < -0.3 is 15.4 Å². The summed E-state index contributed by atoms with van der Waals surface area (Å²) in [6, 6.07) is 8.66. The molecular weight excluding hydrogens is 384 g/mol. The van der Waals surface area contributed by atoms with Crippen LogP contribution < -0.4 is 10.6 Å². The maximum absolute atomic E-state index is 6.58. The molecule has 5 nitrogen and oxygen atoms in total. The van der Waals surface area contributed by atoms with Crippen LogP contribution >= 0.6 is 11.6 Å². The van der Waals surface area contributed by atoms with Gasteiger partial charge in [-0.3, -0.25) is 9.89 Å². The van der Waals surface area contributed by atoms with Crippen molar-refractivity contribution >= 4 is 17.6 Å². The summed E-state index contributed by atoms with van der Waals surface area (Å²) >= 11 is 6.58. The van der Waals surface area contributed by atoms with Crippen LogP contribution in [0.25, 0.3) is 0 Å². The van der Waals surface area contributed by atoms with E-state index in [0.717, 1.165) is 76.1 Å². The maximum Gasteiger partial charge on any atom is 0.191 e. The fraction of sp³-hybridized carbons (Fsp3) is 0.609. The van der Waals surface area contributed by atoms with Crippen molar-refractivity contribution in [3.05, 3.63) is 47.0 Å². The van der Waals surface area contributed by atoms with E-state index in [9.17, 15) is 0 Å². The average molecular weight is 419 g/mol. The number of benzene rings is 1. The van der Waals surface area contributed by atoms with Gasteiger partial charge >= 0.3 is 0 Å². The van der Waals surface area contributed by atoms with Gasteiger partial charge in [-0.2, -0.15) is 0 Å². The minimum absolute atomic E-state index is 0.0287. The number of hydrogen-bond acceptors (Lipinski definition) is 3. The summed E-state index contributed by atoms with van der Waals surface area (Å²) in [4.78, 5) is 6.96. The average Bonchev–Trinajstić information content (AvgIpc) is 2.73. The fourth-order valence-electron chi connectivity index (χ4n) is 4.45. The zero-order valence-corrected chi connectivity index (χ0v) is 18.6. The van der Waals surface area contributed by atoms with Crippen molar-refractivity contribution in [3.63, 3.8) is 0 Å². The van der Waals surface area contributed by atoms with Crippen molar-refractivity contribution in [2.24, 2.45) is 4.99 Å². The number of hydrogen-bond donors (Lipinski definition) is 2. The molecule has 2 heterocycles. The third-order valence-corrected chi connectivity index (χ3v) is 6.46. The van der Waals surface area contributed by atoms with E-state index in [1.807, 2.05) is 19.2 Å². The molecule has 0 radical (unpaired) electrons. The lowest BCUT2D eigenvalue weighted by Gasteiger charge is -2.39. The molecule has 1 aromatic rings. The van der Waals surface area contributed by atoms with Gasteiger partial charge in [-0.1, -0.05) is 42.0 Å². The molecule has 0 aliphatic carbocycles. The molecular formula is C23H35ClN4O. The second-order valence-electron chi connectivity index (χ2n) is 8.45. The van der Waals surface area contributed by atoms with Gasteiger partial charge in [0, 0.05) is 62.9 Å². The molecule has 2 aliphatic heterocycles. The lowest BCUT2D eigenvalue weighted by molar-refractivity contribution is 0.0514. The smallest absolute Gasteiger partial charge is 0.191 e. The lowest BCUT2D eigenvalue weighted by atomic mass is 9.74. The van der Waals surface area contributed by atoms with Crippen LogP contribution in [-0.2, 0) is 10.2 Å². The van der Waals surface area contributed by atoms with Crippen molar-refractivity contribution in [2.45, 2.75) is 44.1 Å². The van der Waals surface area contributed by atoms with Gasteiger partial charge in [0.2, 0.25) is 0 Å². The Labute approximate surface area is 180 Å². The second-order valence-corrected chi connectivity index (χ2v) is 8.86. The topological polar surface area (TPSA) is 48.9 Å². The molecule has 0 unspecified atom stereocenters. The first-order valence-corrected chi connectivity index (χ1v) is 11.1. The Kier molecular flexibility index (Phi) is 7.99. The molecule has 29 heavy (non-hydrogen) atoms. The first-order valence-electron chi connectivity index (χ1n) is 10.7. The number of likely N-dealkylation sites (tertiary alicyclic amines) is 1. The number of piperidine rings is 1. The molecule has 2 aliphatic rings. The van der Waals surface area contributed by atoms with Gasteiger partial charge in [-0.25, -0.2) is 0 Å². The third kappa shape index (κ3) is 5.97. The van der Waals surface area contributed by atoms with Gasteiger partial charge in [-0.15, -0.1) is 0 Å². The first-order chi connectivity index (χ1) is 14.0. The quantitative estimate of drug-likeness (QED) is 0.421. The van der Waals surface area contributed by atoms with Gasteiger partial charge in [0.15, 0.2) is 5.96 Å². The highest BCUT2D eigenvalue weighted by Gasteiger charge is 2.36. The Balaban J connectivity index is 1.59. The standard InChI is InChI=1S/C23H35ClN4O/c1-18(2)16-28-12-8-19(9-13-28)27-22(25-3)26-17-23(10-14-29-15-11-23)20-6-4-5-7-21(20)24/h4-7,19H,1,8-17H2,2-3H3,(H2,25,26,27). The van der Waals surface area contributed by atoms with Crippen LogP contribution in [0.2, 0.25) is 5.02 Å². The minimum Gasteiger partial charge on any atom is -0.381 e. The Morgan fingerprint density at radius 1 is 1.28 bits per heavy atom. The van der Waals surface area contributed by atoms with E-state index in [0.29, 0.717) is 6.04 Å². The number of ether oxygens (including phenoxy) is 1. The van der Waals surface area contributed by atoms with Crippen molar-refractivity contribution in [3.8, 4) is 0 Å². The van der Waals surface area contributed by atoms with Crippen LogP contribution in [0.15, 0.2) is 41.4 Å². The molecule has 1 aromatic carbocycles. The molecule has 0 spiro atoms. The molecule has 0 aromatic heterocycles. The Morgan fingerprint density at radius 3 is 2.59 bits per heavy atom. The molecule has 2 saturated heterocycles. The molecule has 0 atom stereocenters. The zero-order valence-electron chi connectivity index (χ0n) is 17.8. The predicted molar refractivity (Wildman–Crippen MR) is 122 cm³/mol. The summed E-state index contributed by atoms with van der Waals surface area (Å²) in [5.41, 5.74) is 2.41. The predicted octanol–water partition coefficient (Wildman–Crippen LogP) is 3.59. The highest BCUT2D eigenvalue weighted by atomic mass is 35.5. The summed E-state index contributed by atoms with van der Waals surface area (Å²) in [5.74, 6) is 0.876. The number of aliphatic imine (C=N–C) groups is 1. The SMILES string of the molecule is C=C(C)CN1CCC(NC(=NC)NCC2(c3ccccc3Cl)CCOCC2)CC1. The van der Waals surface area contributed by atoms with Crippen LogP contribution in [0.4, 0.5) is 0 Å². The molecule has 0 bridgehead atoms. The van der Waals surface area contributed by atoms with Crippen molar-refractivity contribution in [1.82, 2.24) is 15.5 Å². The van der Waals surface area contributed by atoms with Crippen LogP contribution in [0.3, 0.4) is 0 Å². The van der Waals surface area contributed by atoms with Gasteiger partial charge in [0.25, 0.3) is 0 Å². The zero-order chi connectivity index (χ0) is 20.7. The molecule has 160 valence electrons. The summed E-state index contributed by atoms with van der Waals surface area (Å²) in [6.07, 6.45) is 4.16. The molecule has 6 heteroatoms. The molecule has 2 N–H and O–H groups in total. The highest BCUT2D eigenvalue weighted by molar-refractivity contribution is 6.31. The van der Waals surface area contributed by atoms with E-state index in [4.69, 9.17) is 16.3 Å². The summed E-state index contributed by atoms with van der Waals surface area (Å²) in [6.45, 7) is 11.7. The number of guanidine groups is 1. The maximum atomic E-state index is 6.58. The van der Waals surface area contributed by atoms with E-state index >= 15 is 0 Å². The van der Waals surface area contributed by atoms with Gasteiger partial charge in [-0.05, 0) is 44.2 Å². The van der Waals surface area contributed by atoms with E-state index in [1.54, 1.807) is 0 Å². The molecule has 0 saturated carbocycles. The molecule has 0 amide bonds. The number of rotatable bonds is 6. The Morgan fingerprint density at radius 2 is 1.97 bits per heavy atom. The molecule has 2 fully saturated rings. The number of nitrogens with one attached hydrogen (secondary N) is 2. The van der Waals surface area contributed by atoms with Gasteiger partial charge in [0.05, 0.1) is 0 Å². The van der Waals surface area contributed by atoms with Crippen LogP contribution in [-0.4, -0.2) is 63.3 Å².